The predicted octanol–water partition coefficient (Wildman–Crippen LogP) is 3.06. The van der Waals surface area contributed by atoms with Gasteiger partial charge in [-0.1, -0.05) is 34.7 Å². The second kappa shape index (κ2) is 6.65. The average molecular weight is 385 g/mol. The van der Waals surface area contributed by atoms with Crippen LogP contribution in [0.2, 0.25) is 0 Å². The minimum atomic E-state index is -3.89. The van der Waals surface area contributed by atoms with Gasteiger partial charge in [-0.3, -0.25) is 9.71 Å². The monoisotopic (exact) mass is 385 g/mol. The topological polar surface area (TPSA) is 111 Å². The number of hydrogen-bond acceptors (Lipinski definition) is 8. The van der Waals surface area contributed by atoms with E-state index in [4.69, 9.17) is 4.52 Å². The molecule has 4 rings (SSSR count). The summed E-state index contributed by atoms with van der Waals surface area (Å²) in [7, 11) is -3.89. The second-order valence-corrected chi connectivity index (χ2v) is 7.73. The Morgan fingerprint density at radius 2 is 1.81 bits per heavy atom. The van der Waals surface area contributed by atoms with Crippen LogP contribution in [0.25, 0.3) is 22.0 Å². The van der Waals surface area contributed by atoms with Gasteiger partial charge in [0.1, 0.15) is 5.69 Å². The van der Waals surface area contributed by atoms with Crippen LogP contribution in [0.4, 0.5) is 5.13 Å². The molecule has 8 nitrogen and oxygen atoms in total. The van der Waals surface area contributed by atoms with E-state index in [0.717, 1.165) is 11.3 Å². The molecule has 0 saturated heterocycles. The van der Waals surface area contributed by atoms with E-state index in [-0.39, 0.29) is 10.0 Å². The van der Waals surface area contributed by atoms with Crippen molar-refractivity contribution in [3.63, 3.8) is 0 Å². The number of benzene rings is 1. The van der Waals surface area contributed by atoms with Gasteiger partial charge in [0.25, 0.3) is 10.0 Å². The van der Waals surface area contributed by atoms with E-state index in [1.165, 1.54) is 12.3 Å². The van der Waals surface area contributed by atoms with Crippen molar-refractivity contribution in [3.05, 3.63) is 60.9 Å². The summed E-state index contributed by atoms with van der Waals surface area (Å²) >= 11 is 1.10. The van der Waals surface area contributed by atoms with E-state index in [2.05, 4.69) is 25.1 Å². The van der Waals surface area contributed by atoms with Gasteiger partial charge in [0.2, 0.25) is 5.13 Å². The summed E-state index contributed by atoms with van der Waals surface area (Å²) in [4.78, 5) is 4.24. The molecule has 0 bridgehead atoms. The minimum absolute atomic E-state index is 0.0614. The van der Waals surface area contributed by atoms with Gasteiger partial charge in [0.05, 0.1) is 11.1 Å². The molecule has 4 aromatic rings. The Hall–Kier alpha value is -3.11. The van der Waals surface area contributed by atoms with E-state index in [1.807, 2.05) is 6.07 Å². The first-order valence-corrected chi connectivity index (χ1v) is 9.71. The molecule has 10 heteroatoms. The molecule has 0 aliphatic carbocycles. The first-order chi connectivity index (χ1) is 12.6. The molecule has 1 aromatic carbocycles. The van der Waals surface area contributed by atoms with Crippen LogP contribution in [0.1, 0.15) is 0 Å². The second-order valence-electron chi connectivity index (χ2n) is 5.11. The van der Waals surface area contributed by atoms with Gasteiger partial charge in [-0.25, -0.2) is 8.42 Å². The Balaban J connectivity index is 1.66. The van der Waals surface area contributed by atoms with Crippen LogP contribution in [-0.4, -0.2) is 28.8 Å². The van der Waals surface area contributed by atoms with E-state index in [9.17, 15) is 8.42 Å². The summed E-state index contributed by atoms with van der Waals surface area (Å²) in [6.07, 6.45) is 3.09. The summed E-state index contributed by atoms with van der Waals surface area (Å²) in [6.45, 7) is 0. The largest absolute Gasteiger partial charge is 0.356 e. The molecule has 1 N–H and O–H groups in total. The molecule has 0 amide bonds. The maximum Gasteiger partial charge on any atom is 0.264 e. The van der Waals surface area contributed by atoms with Crippen molar-refractivity contribution in [2.75, 3.05) is 4.72 Å². The molecule has 26 heavy (non-hydrogen) atoms. The van der Waals surface area contributed by atoms with Crippen molar-refractivity contribution in [3.8, 4) is 22.0 Å². The van der Waals surface area contributed by atoms with E-state index < -0.39 is 10.0 Å². The molecule has 0 aliphatic rings. The SMILES string of the molecule is O=S(=O)(Nc1nnc(-c2ccccn2)s1)c1ccccc1-c1ccno1. The number of pyridine rings is 1. The number of nitrogens with zero attached hydrogens (tertiary/aromatic N) is 4. The van der Waals surface area contributed by atoms with Crippen molar-refractivity contribution in [1.29, 1.82) is 0 Å². The van der Waals surface area contributed by atoms with Gasteiger partial charge in [0, 0.05) is 17.8 Å². The van der Waals surface area contributed by atoms with Gasteiger partial charge >= 0.3 is 0 Å². The van der Waals surface area contributed by atoms with Crippen molar-refractivity contribution in [1.82, 2.24) is 20.3 Å². The van der Waals surface area contributed by atoms with Gasteiger partial charge in [-0.2, -0.15) is 0 Å². The van der Waals surface area contributed by atoms with Gasteiger partial charge in [-0.05, 0) is 24.3 Å². The Bertz CT molecular complexity index is 1130. The number of anilines is 1. The zero-order chi connectivity index (χ0) is 18.0. The first kappa shape index (κ1) is 16.4. The zero-order valence-corrected chi connectivity index (χ0v) is 14.7. The highest BCUT2D eigenvalue weighted by Gasteiger charge is 2.22. The summed E-state index contributed by atoms with van der Waals surface area (Å²) in [5.41, 5.74) is 1.03. The number of hydrogen-bond donors (Lipinski definition) is 1. The normalized spacial score (nSPS) is 11.4. The molecule has 0 spiro atoms. The molecule has 3 aromatic heterocycles. The maximum atomic E-state index is 12.8. The lowest BCUT2D eigenvalue weighted by atomic mass is 10.2. The van der Waals surface area contributed by atoms with Crippen LogP contribution in [0.3, 0.4) is 0 Å². The molecule has 130 valence electrons. The highest BCUT2D eigenvalue weighted by molar-refractivity contribution is 7.93. The predicted molar refractivity (Wildman–Crippen MR) is 95.9 cm³/mol. The van der Waals surface area contributed by atoms with E-state index >= 15 is 0 Å². The number of nitrogens with one attached hydrogen (secondary N) is 1. The fraction of sp³-hybridized carbons (Fsp3) is 0. The molecule has 0 saturated carbocycles. The lowest BCUT2D eigenvalue weighted by Crippen LogP contribution is -2.13. The Morgan fingerprint density at radius 3 is 2.58 bits per heavy atom. The molecule has 0 fully saturated rings. The summed E-state index contributed by atoms with van der Waals surface area (Å²) in [5, 5.41) is 12.2. The van der Waals surface area contributed by atoms with Crippen molar-refractivity contribution in [2.24, 2.45) is 0 Å². The van der Waals surface area contributed by atoms with Crippen LogP contribution in [-0.2, 0) is 10.0 Å². The quantitative estimate of drug-likeness (QED) is 0.562. The highest BCUT2D eigenvalue weighted by atomic mass is 32.2. The van der Waals surface area contributed by atoms with Gasteiger partial charge in [0.15, 0.2) is 10.8 Å². The van der Waals surface area contributed by atoms with Crippen molar-refractivity contribution in [2.45, 2.75) is 4.90 Å². The van der Waals surface area contributed by atoms with Crippen molar-refractivity contribution < 1.29 is 12.9 Å². The Labute approximate surface area is 152 Å². The fourth-order valence-electron chi connectivity index (χ4n) is 2.29. The number of aromatic nitrogens is 4. The van der Waals surface area contributed by atoms with Crippen LogP contribution >= 0.6 is 11.3 Å². The molecule has 0 radical (unpaired) electrons. The van der Waals surface area contributed by atoms with Crippen LogP contribution in [0.15, 0.2) is 70.3 Å². The molecule has 0 atom stereocenters. The first-order valence-electron chi connectivity index (χ1n) is 7.41. The summed E-state index contributed by atoms with van der Waals surface area (Å²) in [5.74, 6) is 0.359. The van der Waals surface area contributed by atoms with Gasteiger partial charge in [-0.15, -0.1) is 10.2 Å². The minimum Gasteiger partial charge on any atom is -0.356 e. The van der Waals surface area contributed by atoms with Crippen LogP contribution in [0, 0.1) is 0 Å². The van der Waals surface area contributed by atoms with E-state index in [1.54, 1.807) is 42.6 Å². The van der Waals surface area contributed by atoms with Crippen molar-refractivity contribution >= 4 is 26.5 Å². The third-order valence-electron chi connectivity index (χ3n) is 3.41. The molecular formula is C16H11N5O3S2. The highest BCUT2D eigenvalue weighted by Crippen LogP contribution is 2.30. The molecule has 0 unspecified atom stereocenters. The summed E-state index contributed by atoms with van der Waals surface area (Å²) in [6, 6.07) is 13.5. The molecule has 0 aliphatic heterocycles. The Kier molecular flexibility index (Phi) is 4.19. The number of rotatable bonds is 5. The maximum absolute atomic E-state index is 12.8. The van der Waals surface area contributed by atoms with Gasteiger partial charge < -0.3 is 4.52 Å². The van der Waals surface area contributed by atoms with E-state index in [0.29, 0.717) is 22.0 Å². The number of sulfonamides is 1. The smallest absolute Gasteiger partial charge is 0.264 e. The standard InChI is InChI=1S/C16H11N5O3S2/c22-26(23,14-7-2-1-5-11(14)13-8-10-18-24-13)21-16-20-19-15(25-16)12-6-3-4-9-17-12/h1-10H,(H,20,21). The lowest BCUT2D eigenvalue weighted by molar-refractivity contribution is 0.431. The lowest BCUT2D eigenvalue weighted by Gasteiger charge is -2.08. The molecular weight excluding hydrogens is 374 g/mol. The van der Waals surface area contributed by atoms with Crippen LogP contribution < -0.4 is 4.72 Å². The van der Waals surface area contributed by atoms with Crippen LogP contribution in [0.5, 0.6) is 0 Å². The third kappa shape index (κ3) is 3.19. The zero-order valence-electron chi connectivity index (χ0n) is 13.1. The summed E-state index contributed by atoms with van der Waals surface area (Å²) < 4.78 is 33.2. The third-order valence-corrected chi connectivity index (χ3v) is 5.80. The fourth-order valence-corrected chi connectivity index (χ4v) is 4.45. The molecule has 3 heterocycles. The average Bonchev–Trinajstić information content (AvgIpc) is 3.34. The Morgan fingerprint density at radius 1 is 0.962 bits per heavy atom.